The number of thioether (sulfide) groups is 1. The van der Waals surface area contributed by atoms with E-state index < -0.39 is 5.97 Å². The van der Waals surface area contributed by atoms with Crippen molar-refractivity contribution in [3.05, 3.63) is 0 Å². The highest BCUT2D eigenvalue weighted by Crippen LogP contribution is 2.06. The molecular weight excluding hydrogens is 236 g/mol. The first-order chi connectivity index (χ1) is 8.22. The van der Waals surface area contributed by atoms with Crippen LogP contribution in [0.15, 0.2) is 0 Å². The van der Waals surface area contributed by atoms with Crippen LogP contribution in [0.2, 0.25) is 0 Å². The number of nitrogens with zero attached hydrogens (tertiary/aromatic N) is 2. The predicted molar refractivity (Wildman–Crippen MR) is 72.7 cm³/mol. The van der Waals surface area contributed by atoms with Gasteiger partial charge in [-0.05, 0) is 44.4 Å². The van der Waals surface area contributed by atoms with E-state index in [1.54, 1.807) is 0 Å². The summed E-state index contributed by atoms with van der Waals surface area (Å²) in [5, 5.41) is 8.77. The predicted octanol–water partition coefficient (Wildman–Crippen LogP) is 1.22. The molecule has 0 aromatic rings. The first kappa shape index (κ1) is 14.8. The molecule has 0 aromatic carbocycles. The van der Waals surface area contributed by atoms with E-state index in [4.69, 9.17) is 5.11 Å². The number of aliphatic carboxylic acids is 1. The monoisotopic (exact) mass is 260 g/mol. The summed E-state index contributed by atoms with van der Waals surface area (Å²) in [5.41, 5.74) is 0. The Labute approximate surface area is 108 Å². The van der Waals surface area contributed by atoms with E-state index in [9.17, 15) is 4.79 Å². The molecular formula is C12H24N2O2S. The maximum absolute atomic E-state index is 10.6. The summed E-state index contributed by atoms with van der Waals surface area (Å²) >= 11 is 1.91. The molecule has 0 radical (unpaired) electrons. The summed E-state index contributed by atoms with van der Waals surface area (Å²) in [7, 11) is 0. The molecule has 0 aliphatic carbocycles. The van der Waals surface area contributed by atoms with Crippen molar-refractivity contribution in [2.24, 2.45) is 0 Å². The molecule has 1 rings (SSSR count). The van der Waals surface area contributed by atoms with E-state index in [-0.39, 0.29) is 6.54 Å². The molecule has 17 heavy (non-hydrogen) atoms. The number of hydrogen-bond donors (Lipinski definition) is 1. The van der Waals surface area contributed by atoms with Crippen molar-refractivity contribution in [2.75, 3.05) is 51.3 Å². The van der Waals surface area contributed by atoms with Gasteiger partial charge in [0.2, 0.25) is 0 Å². The molecule has 1 aliphatic rings. The first-order valence-corrected chi connectivity index (χ1v) is 7.77. The van der Waals surface area contributed by atoms with Gasteiger partial charge in [0.15, 0.2) is 0 Å². The van der Waals surface area contributed by atoms with Gasteiger partial charge < -0.3 is 10.0 Å². The fourth-order valence-electron chi connectivity index (χ4n) is 2.18. The van der Waals surface area contributed by atoms with Crippen molar-refractivity contribution < 1.29 is 9.90 Å². The minimum atomic E-state index is -0.710. The van der Waals surface area contributed by atoms with Crippen molar-refractivity contribution in [1.29, 1.82) is 0 Å². The van der Waals surface area contributed by atoms with Crippen LogP contribution in [0.5, 0.6) is 0 Å². The molecule has 1 fully saturated rings. The average Bonchev–Trinajstić information content (AvgIpc) is 2.50. The Morgan fingerprint density at radius 3 is 2.59 bits per heavy atom. The minimum Gasteiger partial charge on any atom is -0.480 e. The smallest absolute Gasteiger partial charge is 0.317 e. The fourth-order valence-corrected chi connectivity index (χ4v) is 2.67. The van der Waals surface area contributed by atoms with E-state index in [2.05, 4.69) is 11.2 Å². The van der Waals surface area contributed by atoms with Crippen LogP contribution < -0.4 is 0 Å². The van der Waals surface area contributed by atoms with Crippen LogP contribution in [-0.2, 0) is 4.79 Å². The van der Waals surface area contributed by atoms with Crippen LogP contribution in [-0.4, -0.2) is 72.2 Å². The number of carbonyl (C=O) groups is 1. The van der Waals surface area contributed by atoms with Gasteiger partial charge in [-0.2, -0.15) is 11.8 Å². The Kier molecular flexibility index (Phi) is 7.64. The van der Waals surface area contributed by atoms with E-state index in [1.807, 2.05) is 16.7 Å². The molecule has 1 saturated heterocycles. The lowest BCUT2D eigenvalue weighted by molar-refractivity contribution is -0.138. The summed E-state index contributed by atoms with van der Waals surface area (Å²) in [6.07, 6.45) is 5.79. The Morgan fingerprint density at radius 1 is 1.18 bits per heavy atom. The largest absolute Gasteiger partial charge is 0.480 e. The fraction of sp³-hybridized carbons (Fsp3) is 0.917. The van der Waals surface area contributed by atoms with Crippen LogP contribution >= 0.6 is 11.8 Å². The molecule has 1 aliphatic heterocycles. The Balaban J connectivity index is 2.16. The van der Waals surface area contributed by atoms with Crippen molar-refractivity contribution in [3.63, 3.8) is 0 Å². The molecule has 0 amide bonds. The van der Waals surface area contributed by atoms with Gasteiger partial charge in [-0.1, -0.05) is 0 Å². The van der Waals surface area contributed by atoms with Gasteiger partial charge in [0.05, 0.1) is 6.54 Å². The third kappa shape index (κ3) is 6.91. The number of carboxylic acid groups (broad SMARTS) is 1. The second kappa shape index (κ2) is 8.78. The molecule has 4 nitrogen and oxygen atoms in total. The number of carboxylic acids is 1. The van der Waals surface area contributed by atoms with E-state index in [0.717, 1.165) is 32.6 Å². The van der Waals surface area contributed by atoms with Crippen LogP contribution in [0.3, 0.4) is 0 Å². The molecule has 0 aromatic heterocycles. The van der Waals surface area contributed by atoms with Gasteiger partial charge in [0.25, 0.3) is 0 Å². The summed E-state index contributed by atoms with van der Waals surface area (Å²) < 4.78 is 0. The van der Waals surface area contributed by atoms with Gasteiger partial charge in [0.1, 0.15) is 0 Å². The topological polar surface area (TPSA) is 43.8 Å². The summed E-state index contributed by atoms with van der Waals surface area (Å²) in [5.74, 6) is 0.539. The van der Waals surface area contributed by atoms with E-state index in [0.29, 0.717) is 0 Å². The summed E-state index contributed by atoms with van der Waals surface area (Å²) in [4.78, 5) is 15.2. The normalized spacial score (nSPS) is 19.1. The second-order valence-electron chi connectivity index (χ2n) is 4.56. The Morgan fingerprint density at radius 2 is 1.88 bits per heavy atom. The molecule has 0 unspecified atom stereocenters. The number of rotatable bonds is 7. The zero-order valence-electron chi connectivity index (χ0n) is 10.7. The molecule has 1 N–H and O–H groups in total. The van der Waals surface area contributed by atoms with Crippen LogP contribution in [0.25, 0.3) is 0 Å². The van der Waals surface area contributed by atoms with Gasteiger partial charge >= 0.3 is 5.97 Å². The quantitative estimate of drug-likeness (QED) is 0.697. The summed E-state index contributed by atoms with van der Waals surface area (Å²) in [6.45, 7) is 5.33. The highest BCUT2D eigenvalue weighted by Gasteiger charge is 2.15. The number of hydrogen-bond acceptors (Lipinski definition) is 4. The zero-order valence-corrected chi connectivity index (χ0v) is 11.5. The molecule has 100 valence electrons. The van der Waals surface area contributed by atoms with Gasteiger partial charge in [0, 0.05) is 19.6 Å². The average molecular weight is 260 g/mol. The lowest BCUT2D eigenvalue weighted by Gasteiger charge is -2.20. The van der Waals surface area contributed by atoms with Gasteiger partial charge in [-0.3, -0.25) is 9.69 Å². The highest BCUT2D eigenvalue weighted by molar-refractivity contribution is 7.98. The lowest BCUT2D eigenvalue weighted by atomic mass is 10.3. The van der Waals surface area contributed by atoms with E-state index in [1.165, 1.54) is 25.1 Å². The van der Waals surface area contributed by atoms with E-state index >= 15 is 0 Å². The third-order valence-electron chi connectivity index (χ3n) is 3.11. The maximum atomic E-state index is 10.6. The Hall–Kier alpha value is -0.260. The molecule has 0 spiro atoms. The molecule has 0 atom stereocenters. The van der Waals surface area contributed by atoms with Crippen molar-refractivity contribution in [2.45, 2.75) is 19.3 Å². The molecule has 0 bridgehead atoms. The number of unbranched alkanes of at least 4 members (excludes halogenated alkanes) is 1. The Bertz CT molecular complexity index is 227. The van der Waals surface area contributed by atoms with Gasteiger partial charge in [-0.15, -0.1) is 0 Å². The van der Waals surface area contributed by atoms with Crippen LogP contribution in [0.4, 0.5) is 0 Å². The lowest BCUT2D eigenvalue weighted by Crippen LogP contribution is -2.34. The maximum Gasteiger partial charge on any atom is 0.317 e. The van der Waals surface area contributed by atoms with Crippen LogP contribution in [0, 0.1) is 0 Å². The van der Waals surface area contributed by atoms with Crippen molar-refractivity contribution in [3.8, 4) is 0 Å². The first-order valence-electron chi connectivity index (χ1n) is 6.38. The summed E-state index contributed by atoms with van der Waals surface area (Å²) in [6, 6.07) is 0. The second-order valence-corrected chi connectivity index (χ2v) is 5.55. The molecule has 5 heteroatoms. The molecule has 1 heterocycles. The molecule has 0 saturated carbocycles. The third-order valence-corrected chi connectivity index (χ3v) is 3.81. The standard InChI is InChI=1S/C12H24N2O2S/c1-17-10-3-2-5-13-6-4-7-14(9-8-13)11-12(15)16/h2-11H2,1H3,(H,15,16). The van der Waals surface area contributed by atoms with Crippen LogP contribution in [0.1, 0.15) is 19.3 Å². The van der Waals surface area contributed by atoms with Crippen molar-refractivity contribution in [1.82, 2.24) is 9.80 Å². The van der Waals surface area contributed by atoms with Crippen molar-refractivity contribution >= 4 is 17.7 Å². The zero-order chi connectivity index (χ0) is 12.5. The SMILES string of the molecule is CSCCCCN1CCCN(CC(=O)O)CC1. The minimum absolute atomic E-state index is 0.195. The van der Waals surface area contributed by atoms with Gasteiger partial charge in [-0.25, -0.2) is 0 Å². The highest BCUT2D eigenvalue weighted by atomic mass is 32.2.